The average molecular weight is 306 g/mol. The maximum atomic E-state index is 12.0. The summed E-state index contributed by atoms with van der Waals surface area (Å²) in [4.78, 5) is 36.5. The molecule has 1 unspecified atom stereocenters. The number of aromatic amines is 2. The fourth-order valence-corrected chi connectivity index (χ4v) is 2.28. The highest BCUT2D eigenvalue weighted by atomic mass is 32.2. The summed E-state index contributed by atoms with van der Waals surface area (Å²) in [5.74, 6) is -0.253. The number of hydrogen-bond donors (Lipinski definition) is 3. The summed E-state index contributed by atoms with van der Waals surface area (Å²) in [6.45, 7) is 3.61. The van der Waals surface area contributed by atoms with E-state index in [2.05, 4.69) is 20.5 Å². The van der Waals surface area contributed by atoms with Gasteiger partial charge in [0.25, 0.3) is 5.56 Å². The first-order valence-corrected chi connectivity index (χ1v) is 7.07. The lowest BCUT2D eigenvalue weighted by Gasteiger charge is -2.10. The van der Waals surface area contributed by atoms with Gasteiger partial charge in [0.05, 0.1) is 5.25 Å². The van der Waals surface area contributed by atoms with Gasteiger partial charge in [0.15, 0.2) is 5.03 Å². The predicted molar refractivity (Wildman–Crippen MR) is 80.6 cm³/mol. The molecule has 110 valence electrons. The molecule has 2 aromatic rings. The van der Waals surface area contributed by atoms with Crippen molar-refractivity contribution >= 4 is 23.4 Å². The van der Waals surface area contributed by atoms with Gasteiger partial charge in [-0.1, -0.05) is 29.5 Å². The van der Waals surface area contributed by atoms with Crippen molar-refractivity contribution in [3.8, 4) is 0 Å². The molecule has 21 heavy (non-hydrogen) atoms. The van der Waals surface area contributed by atoms with E-state index in [-0.39, 0.29) is 10.9 Å². The van der Waals surface area contributed by atoms with Gasteiger partial charge in [-0.05, 0) is 26.0 Å². The number of carbonyl (C=O) groups is 1. The third kappa shape index (κ3) is 4.06. The molecule has 1 amide bonds. The van der Waals surface area contributed by atoms with Crippen LogP contribution in [0.3, 0.4) is 0 Å². The van der Waals surface area contributed by atoms with Gasteiger partial charge in [0.1, 0.15) is 0 Å². The second kappa shape index (κ2) is 6.40. The Balaban J connectivity index is 2.04. The van der Waals surface area contributed by atoms with E-state index in [1.807, 2.05) is 19.1 Å². The van der Waals surface area contributed by atoms with Crippen molar-refractivity contribution < 1.29 is 4.79 Å². The minimum Gasteiger partial charge on any atom is -0.325 e. The van der Waals surface area contributed by atoms with Crippen LogP contribution in [0.5, 0.6) is 0 Å². The molecule has 0 spiro atoms. The number of nitrogens with one attached hydrogen (secondary N) is 3. The summed E-state index contributed by atoms with van der Waals surface area (Å²) < 4.78 is 0. The molecule has 1 atom stereocenters. The minimum atomic E-state index is -0.680. The molecule has 0 saturated heterocycles. The molecule has 1 aromatic heterocycles. The largest absolute Gasteiger partial charge is 0.342 e. The summed E-state index contributed by atoms with van der Waals surface area (Å²) in [7, 11) is 0. The highest BCUT2D eigenvalue weighted by molar-refractivity contribution is 8.00. The third-order valence-electron chi connectivity index (χ3n) is 2.66. The van der Waals surface area contributed by atoms with Crippen LogP contribution < -0.4 is 16.6 Å². The van der Waals surface area contributed by atoms with Gasteiger partial charge >= 0.3 is 5.69 Å². The Kier molecular flexibility index (Phi) is 4.59. The van der Waals surface area contributed by atoms with Crippen molar-refractivity contribution in [3.63, 3.8) is 0 Å². The Morgan fingerprint density at radius 3 is 2.57 bits per heavy atom. The Morgan fingerprint density at radius 1 is 1.29 bits per heavy atom. The zero-order chi connectivity index (χ0) is 15.4. The Morgan fingerprint density at radius 2 is 1.95 bits per heavy atom. The van der Waals surface area contributed by atoms with E-state index in [1.165, 1.54) is 0 Å². The lowest BCUT2D eigenvalue weighted by Crippen LogP contribution is -2.28. The summed E-state index contributed by atoms with van der Waals surface area (Å²) in [6.07, 6.45) is 0. The second-order valence-corrected chi connectivity index (χ2v) is 5.76. The summed E-state index contributed by atoms with van der Waals surface area (Å²) >= 11 is 0.972. The fourth-order valence-electron chi connectivity index (χ4n) is 1.52. The summed E-state index contributed by atoms with van der Waals surface area (Å²) in [5, 5.41) is 8.00. The SMILES string of the molecule is Cc1ccc(NC(=O)C(C)Sc2n[nH]c(=O)[nH]c2=O)cc1. The van der Waals surface area contributed by atoms with Crippen molar-refractivity contribution in [2.24, 2.45) is 0 Å². The van der Waals surface area contributed by atoms with Gasteiger partial charge in [-0.25, -0.2) is 9.89 Å². The molecule has 3 N–H and O–H groups in total. The average Bonchev–Trinajstić information content (AvgIpc) is 2.44. The number of benzene rings is 1. The van der Waals surface area contributed by atoms with Crippen LogP contribution in [0.25, 0.3) is 0 Å². The number of carbonyl (C=O) groups excluding carboxylic acids is 1. The number of aromatic nitrogens is 3. The standard InChI is InChI=1S/C13H14N4O3S/c1-7-3-5-9(6-4-7)14-10(18)8(2)21-12-11(19)15-13(20)17-16-12/h3-6,8H,1-2H3,(H,14,18)(H2,15,17,19,20). The second-order valence-electron chi connectivity index (χ2n) is 4.43. The van der Waals surface area contributed by atoms with Crippen LogP contribution in [0.2, 0.25) is 0 Å². The molecule has 0 aliphatic rings. The minimum absolute atomic E-state index is 0.0427. The first kappa shape index (κ1) is 15.0. The number of amides is 1. The van der Waals surface area contributed by atoms with Gasteiger partial charge in [0, 0.05) is 5.69 Å². The number of thioether (sulfide) groups is 1. The lowest BCUT2D eigenvalue weighted by atomic mass is 10.2. The Labute approximate surface area is 124 Å². The molecular formula is C13H14N4O3S. The van der Waals surface area contributed by atoms with Gasteiger partial charge in [0.2, 0.25) is 5.91 Å². The van der Waals surface area contributed by atoms with Gasteiger partial charge in [-0.2, -0.15) is 5.10 Å². The molecule has 7 nitrogen and oxygen atoms in total. The topological polar surface area (TPSA) is 108 Å². The smallest absolute Gasteiger partial charge is 0.325 e. The predicted octanol–water partition coefficient (Wildman–Crippen LogP) is 0.886. The zero-order valence-corrected chi connectivity index (χ0v) is 12.3. The molecule has 0 aliphatic carbocycles. The molecule has 8 heteroatoms. The Bertz CT molecular complexity index is 751. The summed E-state index contributed by atoms with van der Waals surface area (Å²) in [5.41, 5.74) is 0.487. The fraction of sp³-hybridized carbons (Fsp3) is 0.231. The number of nitrogens with zero attached hydrogens (tertiary/aromatic N) is 1. The molecule has 1 aromatic carbocycles. The number of rotatable bonds is 4. The maximum absolute atomic E-state index is 12.0. The van der Waals surface area contributed by atoms with Crippen LogP contribution in [-0.2, 0) is 4.79 Å². The summed E-state index contributed by atoms with van der Waals surface area (Å²) in [6, 6.07) is 7.38. The van der Waals surface area contributed by atoms with Crippen LogP contribution in [0.1, 0.15) is 12.5 Å². The highest BCUT2D eigenvalue weighted by Gasteiger charge is 2.17. The third-order valence-corrected chi connectivity index (χ3v) is 3.72. The number of H-pyrrole nitrogens is 2. The van der Waals surface area contributed by atoms with Crippen LogP contribution in [0, 0.1) is 6.92 Å². The van der Waals surface area contributed by atoms with E-state index < -0.39 is 16.5 Å². The van der Waals surface area contributed by atoms with E-state index in [0.717, 1.165) is 17.3 Å². The molecule has 1 heterocycles. The number of aryl methyl sites for hydroxylation is 1. The van der Waals surface area contributed by atoms with Gasteiger partial charge in [-0.15, -0.1) is 0 Å². The first-order valence-electron chi connectivity index (χ1n) is 6.19. The number of anilines is 1. The maximum Gasteiger partial charge on any atom is 0.342 e. The van der Waals surface area contributed by atoms with E-state index in [0.29, 0.717) is 5.69 Å². The molecule has 0 saturated carbocycles. The molecule has 0 radical (unpaired) electrons. The zero-order valence-electron chi connectivity index (χ0n) is 11.5. The van der Waals surface area contributed by atoms with E-state index in [9.17, 15) is 14.4 Å². The van der Waals surface area contributed by atoms with Crippen molar-refractivity contribution in [2.75, 3.05) is 5.32 Å². The van der Waals surface area contributed by atoms with Crippen LogP contribution >= 0.6 is 11.8 Å². The number of hydrogen-bond acceptors (Lipinski definition) is 5. The molecule has 0 fully saturated rings. The van der Waals surface area contributed by atoms with Crippen molar-refractivity contribution in [2.45, 2.75) is 24.1 Å². The van der Waals surface area contributed by atoms with Crippen molar-refractivity contribution in [1.82, 2.24) is 15.2 Å². The monoisotopic (exact) mass is 306 g/mol. The molecule has 0 aliphatic heterocycles. The van der Waals surface area contributed by atoms with Crippen molar-refractivity contribution in [1.29, 1.82) is 0 Å². The van der Waals surface area contributed by atoms with E-state index >= 15 is 0 Å². The molecule has 2 rings (SSSR count). The molecular weight excluding hydrogens is 292 g/mol. The van der Waals surface area contributed by atoms with Crippen LogP contribution in [-0.4, -0.2) is 26.3 Å². The van der Waals surface area contributed by atoms with Gasteiger partial charge in [-0.3, -0.25) is 14.6 Å². The molecule has 0 bridgehead atoms. The van der Waals surface area contributed by atoms with Crippen molar-refractivity contribution in [3.05, 3.63) is 50.7 Å². The normalized spacial score (nSPS) is 11.9. The Hall–Kier alpha value is -2.35. The van der Waals surface area contributed by atoms with E-state index in [4.69, 9.17) is 0 Å². The van der Waals surface area contributed by atoms with E-state index in [1.54, 1.807) is 19.1 Å². The lowest BCUT2D eigenvalue weighted by molar-refractivity contribution is -0.115. The highest BCUT2D eigenvalue weighted by Crippen LogP contribution is 2.18. The first-order chi connectivity index (χ1) is 9.95. The quantitative estimate of drug-likeness (QED) is 0.727. The van der Waals surface area contributed by atoms with Gasteiger partial charge < -0.3 is 5.32 Å². The van der Waals surface area contributed by atoms with Crippen LogP contribution in [0.15, 0.2) is 38.9 Å². The van der Waals surface area contributed by atoms with Crippen LogP contribution in [0.4, 0.5) is 5.69 Å².